The Balaban J connectivity index is 1.57. The van der Waals surface area contributed by atoms with Gasteiger partial charge in [-0.3, -0.25) is 14.5 Å². The van der Waals surface area contributed by atoms with Gasteiger partial charge in [0.15, 0.2) is 5.78 Å². The lowest BCUT2D eigenvalue weighted by atomic mass is 9.80. The van der Waals surface area contributed by atoms with Crippen LogP contribution in [0.5, 0.6) is 0 Å². The molecule has 170 valence electrons. The van der Waals surface area contributed by atoms with E-state index in [-0.39, 0.29) is 24.1 Å². The van der Waals surface area contributed by atoms with Crippen molar-refractivity contribution in [3.05, 3.63) is 47.2 Å². The summed E-state index contributed by atoms with van der Waals surface area (Å²) in [4.78, 5) is 39.0. The first kappa shape index (κ1) is 22.0. The number of aromatic nitrogens is 1. The van der Waals surface area contributed by atoms with Crippen LogP contribution in [0.15, 0.2) is 24.3 Å². The van der Waals surface area contributed by atoms with Gasteiger partial charge in [-0.05, 0) is 43.5 Å². The Labute approximate surface area is 181 Å². The molecule has 6 nitrogen and oxygen atoms in total. The predicted molar refractivity (Wildman–Crippen MR) is 106 cm³/mol. The number of hydrogen-bond donors (Lipinski definition) is 1. The van der Waals surface area contributed by atoms with E-state index in [9.17, 15) is 31.9 Å². The second-order valence-corrected chi connectivity index (χ2v) is 8.46. The molecule has 2 fully saturated rings. The topological polar surface area (TPSA) is 71.4 Å². The zero-order valence-corrected chi connectivity index (χ0v) is 17.5. The molecule has 32 heavy (non-hydrogen) atoms. The van der Waals surface area contributed by atoms with Gasteiger partial charge in [-0.1, -0.05) is 0 Å². The van der Waals surface area contributed by atoms with Crippen LogP contribution < -0.4 is 5.32 Å². The number of ketones is 1. The van der Waals surface area contributed by atoms with Gasteiger partial charge in [-0.25, -0.2) is 22.4 Å². The third-order valence-electron chi connectivity index (χ3n) is 6.23. The normalized spacial score (nSPS) is 19.5. The number of nitrogens with one attached hydrogen (secondary N) is 1. The number of nitrogens with zero attached hydrogens (tertiary/aromatic N) is 2. The van der Waals surface area contributed by atoms with Gasteiger partial charge in [0.2, 0.25) is 5.92 Å². The molecule has 3 amide bonds. The van der Waals surface area contributed by atoms with Crippen molar-refractivity contribution in [1.29, 1.82) is 0 Å². The van der Waals surface area contributed by atoms with Crippen LogP contribution >= 0.6 is 0 Å². The van der Waals surface area contributed by atoms with Gasteiger partial charge in [0.1, 0.15) is 17.2 Å². The fourth-order valence-electron chi connectivity index (χ4n) is 4.56. The van der Waals surface area contributed by atoms with E-state index in [0.717, 1.165) is 23.1 Å². The summed E-state index contributed by atoms with van der Waals surface area (Å²) in [5.74, 6) is -5.68. The Bertz CT molecular complexity index is 1110. The summed E-state index contributed by atoms with van der Waals surface area (Å²) in [5, 5.41) is 2.49. The lowest BCUT2D eigenvalue weighted by Crippen LogP contribution is -2.51. The highest BCUT2D eigenvalue weighted by atomic mass is 19.3. The molecule has 1 aliphatic carbocycles. The average molecular weight is 451 g/mol. The van der Waals surface area contributed by atoms with E-state index in [1.165, 1.54) is 17.7 Å². The summed E-state index contributed by atoms with van der Waals surface area (Å²) in [6.07, 6.45) is -1.45. The molecule has 10 heteroatoms. The molecule has 1 aromatic heterocycles. The zero-order valence-electron chi connectivity index (χ0n) is 17.5. The van der Waals surface area contributed by atoms with Crippen molar-refractivity contribution in [1.82, 2.24) is 14.8 Å². The molecule has 2 heterocycles. The largest absolute Gasteiger partial charge is 0.341 e. The second-order valence-electron chi connectivity index (χ2n) is 8.46. The number of halogens is 4. The monoisotopic (exact) mass is 451 g/mol. The molecule has 0 radical (unpaired) electrons. The highest BCUT2D eigenvalue weighted by molar-refractivity contribution is 6.11. The van der Waals surface area contributed by atoms with Crippen LogP contribution in [0.3, 0.4) is 0 Å². The molecule has 4 rings (SSSR count). The fourth-order valence-corrected chi connectivity index (χ4v) is 4.56. The summed E-state index contributed by atoms with van der Waals surface area (Å²) in [6.45, 7) is 1.09. The Hall–Kier alpha value is -3.17. The first-order valence-corrected chi connectivity index (χ1v) is 10.1. The molecular weight excluding hydrogens is 430 g/mol. The van der Waals surface area contributed by atoms with Crippen LogP contribution in [-0.2, 0) is 11.8 Å². The van der Waals surface area contributed by atoms with E-state index in [1.54, 1.807) is 6.92 Å². The number of imide groups is 1. The molecule has 0 unspecified atom stereocenters. The van der Waals surface area contributed by atoms with Crippen LogP contribution in [-0.4, -0.2) is 45.2 Å². The zero-order chi connectivity index (χ0) is 23.4. The third kappa shape index (κ3) is 3.67. The van der Waals surface area contributed by atoms with Crippen molar-refractivity contribution in [2.75, 3.05) is 6.54 Å². The maximum absolute atomic E-state index is 13.7. The fraction of sp³-hybridized carbons (Fsp3) is 0.409. The van der Waals surface area contributed by atoms with Crippen LogP contribution in [0.2, 0.25) is 0 Å². The van der Waals surface area contributed by atoms with Crippen molar-refractivity contribution in [3.63, 3.8) is 0 Å². The Morgan fingerprint density at radius 2 is 1.62 bits per heavy atom. The number of amides is 3. The van der Waals surface area contributed by atoms with Gasteiger partial charge in [0, 0.05) is 31.5 Å². The SMILES string of the molecule is Cc1cc(C(=O)CN2C(=O)NC3(CCC(F)(F)CC3)C2=O)n(C)c1-c1cc(F)cc(F)c1. The van der Waals surface area contributed by atoms with Crippen molar-refractivity contribution < 1.29 is 31.9 Å². The standard InChI is InChI=1S/C22H21F4N3O3/c1-12-7-16(28(2)18(12)13-8-14(23)10-15(24)9-13)17(30)11-29-19(31)21(27-20(29)32)3-5-22(25,26)6-4-21/h7-10H,3-6,11H2,1-2H3,(H,27,32). The number of hydrogen-bond acceptors (Lipinski definition) is 3. The highest BCUT2D eigenvalue weighted by Gasteiger charge is 2.55. The number of carbonyl (C=O) groups excluding carboxylic acids is 3. The average Bonchev–Trinajstić information content (AvgIpc) is 3.11. The molecule has 1 saturated heterocycles. The van der Waals surface area contributed by atoms with Crippen molar-refractivity contribution >= 4 is 17.7 Å². The number of carbonyl (C=O) groups is 3. The number of rotatable bonds is 4. The number of urea groups is 1. The van der Waals surface area contributed by atoms with E-state index in [1.807, 2.05) is 0 Å². The quantitative estimate of drug-likeness (QED) is 0.435. The van der Waals surface area contributed by atoms with Crippen molar-refractivity contribution in [2.24, 2.45) is 7.05 Å². The summed E-state index contributed by atoms with van der Waals surface area (Å²) in [5.41, 5.74) is -0.0514. The van der Waals surface area contributed by atoms with Crippen molar-refractivity contribution in [2.45, 2.75) is 44.1 Å². The minimum absolute atomic E-state index is 0.138. The Morgan fingerprint density at radius 3 is 2.22 bits per heavy atom. The molecule has 1 spiro atoms. The number of Topliss-reactive ketones (excluding diaryl/α,β-unsaturated/α-hetero) is 1. The summed E-state index contributed by atoms with van der Waals surface area (Å²) in [6, 6.07) is 3.73. The molecule has 1 aromatic carbocycles. The highest BCUT2D eigenvalue weighted by Crippen LogP contribution is 2.41. The van der Waals surface area contributed by atoms with E-state index >= 15 is 0 Å². The van der Waals surface area contributed by atoms with E-state index < -0.39 is 60.2 Å². The maximum Gasteiger partial charge on any atom is 0.325 e. The summed E-state index contributed by atoms with van der Waals surface area (Å²) >= 11 is 0. The smallest absolute Gasteiger partial charge is 0.325 e. The van der Waals surface area contributed by atoms with Gasteiger partial charge >= 0.3 is 6.03 Å². The Morgan fingerprint density at radius 1 is 1.03 bits per heavy atom. The van der Waals surface area contributed by atoms with Gasteiger partial charge in [-0.15, -0.1) is 0 Å². The molecule has 1 aliphatic heterocycles. The van der Waals surface area contributed by atoms with E-state index in [4.69, 9.17) is 0 Å². The molecule has 2 aromatic rings. The summed E-state index contributed by atoms with van der Waals surface area (Å²) in [7, 11) is 1.54. The van der Waals surface area contributed by atoms with Gasteiger partial charge in [0.05, 0.1) is 17.9 Å². The number of aryl methyl sites for hydroxylation is 1. The molecule has 1 N–H and O–H groups in total. The first-order chi connectivity index (χ1) is 14.9. The van der Waals surface area contributed by atoms with Crippen LogP contribution in [0.4, 0.5) is 22.4 Å². The lowest BCUT2D eigenvalue weighted by molar-refractivity contribution is -0.135. The van der Waals surface area contributed by atoms with Crippen LogP contribution in [0.1, 0.15) is 41.7 Å². The second kappa shape index (κ2) is 7.46. The van der Waals surface area contributed by atoms with Crippen LogP contribution in [0.25, 0.3) is 11.3 Å². The van der Waals surface area contributed by atoms with Gasteiger partial charge < -0.3 is 9.88 Å². The number of alkyl halides is 2. The molecule has 0 bridgehead atoms. The third-order valence-corrected chi connectivity index (χ3v) is 6.23. The van der Waals surface area contributed by atoms with E-state index in [2.05, 4.69) is 5.32 Å². The van der Waals surface area contributed by atoms with Crippen LogP contribution in [0, 0.1) is 18.6 Å². The minimum Gasteiger partial charge on any atom is -0.341 e. The first-order valence-electron chi connectivity index (χ1n) is 10.1. The Kier molecular flexibility index (Phi) is 5.14. The molecule has 2 aliphatic rings. The molecule has 0 atom stereocenters. The predicted octanol–water partition coefficient (Wildman–Crippen LogP) is 3.96. The van der Waals surface area contributed by atoms with E-state index in [0.29, 0.717) is 11.3 Å². The van der Waals surface area contributed by atoms with Crippen molar-refractivity contribution in [3.8, 4) is 11.3 Å². The maximum atomic E-state index is 13.7. The van der Waals surface area contributed by atoms with Gasteiger partial charge in [0.25, 0.3) is 5.91 Å². The minimum atomic E-state index is -2.88. The molecular formula is C22H21F4N3O3. The molecule has 1 saturated carbocycles. The number of benzene rings is 1. The summed E-state index contributed by atoms with van der Waals surface area (Å²) < 4.78 is 55.8. The van der Waals surface area contributed by atoms with Gasteiger partial charge in [-0.2, -0.15) is 0 Å². The lowest BCUT2D eigenvalue weighted by Gasteiger charge is -2.34.